The summed E-state index contributed by atoms with van der Waals surface area (Å²) in [6, 6.07) is 8.00. The quantitative estimate of drug-likeness (QED) is 0.836. The van der Waals surface area contributed by atoms with E-state index in [-0.39, 0.29) is 11.3 Å². The number of fused-ring (bicyclic) bond motifs is 1. The van der Waals surface area contributed by atoms with E-state index in [2.05, 4.69) is 22.5 Å². The molecule has 0 fully saturated rings. The fourth-order valence-corrected chi connectivity index (χ4v) is 2.85. The minimum Gasteiger partial charge on any atom is -0.324 e. The van der Waals surface area contributed by atoms with Crippen LogP contribution in [0.2, 0.25) is 0 Å². The van der Waals surface area contributed by atoms with Gasteiger partial charge in [-0.2, -0.15) is 0 Å². The van der Waals surface area contributed by atoms with Crippen LogP contribution >= 0.6 is 0 Å². The molecular formula is C18H20N2O. The molecule has 0 radical (unpaired) electrons. The lowest BCUT2D eigenvalue weighted by Crippen LogP contribution is -2.34. The van der Waals surface area contributed by atoms with Crippen LogP contribution in [0, 0.1) is 12.3 Å². The van der Waals surface area contributed by atoms with E-state index >= 15 is 0 Å². The highest BCUT2D eigenvalue weighted by molar-refractivity contribution is 5.98. The molecule has 0 aliphatic heterocycles. The Bertz CT molecular complexity index is 720. The first-order valence-electron chi connectivity index (χ1n) is 7.41. The summed E-state index contributed by atoms with van der Waals surface area (Å²) in [7, 11) is 0. The molecule has 0 saturated carbocycles. The molecule has 1 unspecified atom stereocenters. The van der Waals surface area contributed by atoms with Crippen molar-refractivity contribution >= 4 is 22.5 Å². The van der Waals surface area contributed by atoms with Crippen molar-refractivity contribution in [2.24, 2.45) is 5.41 Å². The molecule has 1 amide bonds. The van der Waals surface area contributed by atoms with Crippen molar-refractivity contribution in [3.05, 3.63) is 48.2 Å². The molecule has 1 heterocycles. The van der Waals surface area contributed by atoms with E-state index in [1.165, 1.54) is 0 Å². The number of carbonyl (C=O) groups is 1. The number of nitrogens with one attached hydrogen (secondary N) is 1. The minimum absolute atomic E-state index is 0.0898. The molecule has 108 valence electrons. The Morgan fingerprint density at radius 1 is 1.29 bits per heavy atom. The lowest BCUT2D eigenvalue weighted by atomic mass is 9.78. The third kappa shape index (κ3) is 2.56. The van der Waals surface area contributed by atoms with Crippen molar-refractivity contribution in [2.45, 2.75) is 33.1 Å². The van der Waals surface area contributed by atoms with Crippen LogP contribution in [0.25, 0.3) is 10.9 Å². The number of benzene rings is 1. The summed E-state index contributed by atoms with van der Waals surface area (Å²) < 4.78 is 0. The first-order chi connectivity index (χ1) is 10.1. The third-order valence-electron chi connectivity index (χ3n) is 4.44. The zero-order valence-corrected chi connectivity index (χ0v) is 12.5. The molecule has 0 saturated heterocycles. The lowest BCUT2D eigenvalue weighted by Gasteiger charge is -2.29. The van der Waals surface area contributed by atoms with Gasteiger partial charge in [-0.05, 0) is 37.8 Å². The molecule has 3 rings (SSSR count). The molecule has 1 N–H and O–H groups in total. The number of hydrogen-bond acceptors (Lipinski definition) is 2. The average Bonchev–Trinajstić information content (AvgIpc) is 2.51. The first-order valence-corrected chi connectivity index (χ1v) is 7.41. The molecule has 0 spiro atoms. The van der Waals surface area contributed by atoms with Gasteiger partial charge in [0.2, 0.25) is 5.91 Å². The Hall–Kier alpha value is -2.16. The van der Waals surface area contributed by atoms with E-state index in [4.69, 9.17) is 0 Å². The van der Waals surface area contributed by atoms with Gasteiger partial charge >= 0.3 is 0 Å². The van der Waals surface area contributed by atoms with Gasteiger partial charge in [-0.25, -0.2) is 0 Å². The molecule has 1 aliphatic rings. The Labute approximate surface area is 125 Å². The lowest BCUT2D eigenvalue weighted by molar-refractivity contribution is -0.125. The second kappa shape index (κ2) is 5.32. The van der Waals surface area contributed by atoms with Crippen LogP contribution in [0.1, 0.15) is 31.7 Å². The first kappa shape index (κ1) is 13.8. The van der Waals surface area contributed by atoms with Gasteiger partial charge in [-0.1, -0.05) is 37.3 Å². The predicted octanol–water partition coefficient (Wildman–Crippen LogP) is 4.23. The second-order valence-corrected chi connectivity index (χ2v) is 6.04. The summed E-state index contributed by atoms with van der Waals surface area (Å²) in [6.07, 6.45) is 8.69. The van der Waals surface area contributed by atoms with Crippen LogP contribution in [-0.2, 0) is 4.79 Å². The summed E-state index contributed by atoms with van der Waals surface area (Å²) in [4.78, 5) is 17.0. The molecule has 1 aromatic heterocycles. The van der Waals surface area contributed by atoms with E-state index in [1.807, 2.05) is 38.1 Å². The molecule has 1 aliphatic carbocycles. The highest BCUT2D eigenvalue weighted by Crippen LogP contribution is 2.34. The highest BCUT2D eigenvalue weighted by atomic mass is 16.2. The zero-order valence-electron chi connectivity index (χ0n) is 12.5. The highest BCUT2D eigenvalue weighted by Gasteiger charge is 2.33. The van der Waals surface area contributed by atoms with Gasteiger partial charge in [-0.3, -0.25) is 9.78 Å². The fourth-order valence-electron chi connectivity index (χ4n) is 2.85. The van der Waals surface area contributed by atoms with Gasteiger partial charge in [-0.15, -0.1) is 0 Å². The topological polar surface area (TPSA) is 42.0 Å². The maximum absolute atomic E-state index is 12.6. The summed E-state index contributed by atoms with van der Waals surface area (Å²) in [5, 5.41) is 4.16. The number of aromatic nitrogens is 1. The summed E-state index contributed by atoms with van der Waals surface area (Å²) in [5.74, 6) is 0.0898. The van der Waals surface area contributed by atoms with Crippen LogP contribution in [-0.4, -0.2) is 10.9 Å². The maximum atomic E-state index is 12.6. The monoisotopic (exact) mass is 280 g/mol. The van der Waals surface area contributed by atoms with Crippen LogP contribution < -0.4 is 5.32 Å². The molecule has 1 aromatic carbocycles. The molecule has 1 atom stereocenters. The smallest absolute Gasteiger partial charge is 0.230 e. The van der Waals surface area contributed by atoms with Crippen molar-refractivity contribution in [3.8, 4) is 0 Å². The Morgan fingerprint density at radius 2 is 2.10 bits per heavy atom. The van der Waals surface area contributed by atoms with Crippen LogP contribution in [0.3, 0.4) is 0 Å². The average molecular weight is 280 g/mol. The Morgan fingerprint density at radius 3 is 2.86 bits per heavy atom. The van der Waals surface area contributed by atoms with E-state index < -0.39 is 0 Å². The molecule has 2 aromatic rings. The SMILES string of the molecule is Cc1c(NC(=O)C2(C)CC=CCC2)cnc2ccccc12. The second-order valence-electron chi connectivity index (χ2n) is 6.04. The number of nitrogens with zero attached hydrogens (tertiary/aromatic N) is 1. The Balaban J connectivity index is 1.89. The maximum Gasteiger partial charge on any atom is 0.230 e. The molecule has 0 bridgehead atoms. The van der Waals surface area contributed by atoms with Gasteiger partial charge in [0.1, 0.15) is 0 Å². The number of hydrogen-bond donors (Lipinski definition) is 1. The summed E-state index contributed by atoms with van der Waals surface area (Å²) >= 11 is 0. The number of rotatable bonds is 2. The third-order valence-corrected chi connectivity index (χ3v) is 4.44. The van der Waals surface area contributed by atoms with Gasteiger partial charge in [0.15, 0.2) is 0 Å². The number of anilines is 1. The summed E-state index contributed by atoms with van der Waals surface area (Å²) in [5.41, 5.74) is 2.53. The van der Waals surface area contributed by atoms with Crippen molar-refractivity contribution < 1.29 is 4.79 Å². The van der Waals surface area contributed by atoms with Gasteiger partial charge in [0.25, 0.3) is 0 Å². The molecule has 3 heteroatoms. The minimum atomic E-state index is -0.313. The van der Waals surface area contributed by atoms with E-state index in [1.54, 1.807) is 6.20 Å². The zero-order chi connectivity index (χ0) is 14.9. The molecule has 3 nitrogen and oxygen atoms in total. The van der Waals surface area contributed by atoms with E-state index in [0.717, 1.165) is 41.4 Å². The number of carbonyl (C=O) groups excluding carboxylic acids is 1. The normalized spacial score (nSPS) is 21.4. The number of allylic oxidation sites excluding steroid dienone is 2. The molecule has 21 heavy (non-hydrogen) atoms. The number of aryl methyl sites for hydroxylation is 1. The number of pyridine rings is 1. The van der Waals surface area contributed by atoms with E-state index in [9.17, 15) is 4.79 Å². The van der Waals surface area contributed by atoms with Crippen molar-refractivity contribution in [2.75, 3.05) is 5.32 Å². The van der Waals surface area contributed by atoms with Gasteiger partial charge in [0.05, 0.1) is 22.8 Å². The van der Waals surface area contributed by atoms with E-state index in [0.29, 0.717) is 0 Å². The molecular weight excluding hydrogens is 260 g/mol. The largest absolute Gasteiger partial charge is 0.324 e. The standard InChI is InChI=1S/C18H20N2O/c1-13-14-8-4-5-9-15(14)19-12-16(13)20-17(21)18(2)10-6-3-7-11-18/h3-6,8-9,12H,7,10-11H2,1-2H3,(H,20,21). The fraction of sp³-hybridized carbons (Fsp3) is 0.333. The van der Waals surface area contributed by atoms with Gasteiger partial charge < -0.3 is 5.32 Å². The van der Waals surface area contributed by atoms with Crippen molar-refractivity contribution in [3.63, 3.8) is 0 Å². The van der Waals surface area contributed by atoms with Crippen molar-refractivity contribution in [1.29, 1.82) is 0 Å². The van der Waals surface area contributed by atoms with Crippen LogP contribution in [0.4, 0.5) is 5.69 Å². The Kier molecular flexibility index (Phi) is 3.50. The van der Waals surface area contributed by atoms with Crippen molar-refractivity contribution in [1.82, 2.24) is 4.98 Å². The number of amides is 1. The summed E-state index contributed by atoms with van der Waals surface area (Å²) in [6.45, 7) is 4.07. The number of para-hydroxylation sites is 1. The predicted molar refractivity (Wildman–Crippen MR) is 86.2 cm³/mol. The van der Waals surface area contributed by atoms with Gasteiger partial charge in [0, 0.05) is 5.39 Å². The van der Waals surface area contributed by atoms with Crippen LogP contribution in [0.15, 0.2) is 42.6 Å². The van der Waals surface area contributed by atoms with Crippen LogP contribution in [0.5, 0.6) is 0 Å².